The molecule has 4 heterocycles. The number of nitrogens with two attached hydrogens (primary N) is 1. The van der Waals surface area contributed by atoms with Gasteiger partial charge in [0.2, 0.25) is 11.8 Å². The van der Waals surface area contributed by atoms with E-state index in [9.17, 15) is 9.59 Å². The Labute approximate surface area is 232 Å². The summed E-state index contributed by atoms with van der Waals surface area (Å²) in [5, 5.41) is 5.60. The number of nitrogens with zero attached hydrogens (tertiary/aromatic N) is 2. The van der Waals surface area contributed by atoms with Crippen LogP contribution in [0.25, 0.3) is 0 Å². The van der Waals surface area contributed by atoms with Crippen molar-refractivity contribution in [2.24, 2.45) is 23.7 Å². The van der Waals surface area contributed by atoms with Gasteiger partial charge in [-0.1, -0.05) is 0 Å². The molecule has 39 heavy (non-hydrogen) atoms. The molecule has 2 aliphatic carbocycles. The van der Waals surface area contributed by atoms with Crippen molar-refractivity contribution in [1.29, 1.82) is 0 Å². The predicted molar refractivity (Wildman–Crippen MR) is 143 cm³/mol. The topological polar surface area (TPSA) is 106 Å². The predicted octanol–water partition coefficient (Wildman–Crippen LogP) is -0.390. The van der Waals surface area contributed by atoms with E-state index in [4.69, 9.17) is 18.9 Å². The highest BCUT2D eigenvalue weighted by Crippen LogP contribution is 2.53. The fraction of sp³-hybridized carbons (Fsp3) is 0.931. The summed E-state index contributed by atoms with van der Waals surface area (Å²) in [6, 6.07) is 1.04. The first kappa shape index (κ1) is 27.8. The van der Waals surface area contributed by atoms with E-state index in [0.29, 0.717) is 42.3 Å². The first-order valence-electron chi connectivity index (χ1n) is 15.5. The molecule has 4 aliphatic heterocycles. The van der Waals surface area contributed by atoms with E-state index >= 15 is 0 Å². The van der Waals surface area contributed by atoms with Crippen LogP contribution in [0.15, 0.2) is 0 Å². The van der Waals surface area contributed by atoms with Crippen LogP contribution in [-0.4, -0.2) is 124 Å². The molecule has 6 aliphatic rings. The lowest BCUT2D eigenvalue weighted by atomic mass is 9.64. The maximum absolute atomic E-state index is 14.2. The summed E-state index contributed by atoms with van der Waals surface area (Å²) >= 11 is 0. The number of hydrogen-bond acceptors (Lipinski definition) is 7. The number of nitrogens with one attached hydrogen (secondary N) is 1. The van der Waals surface area contributed by atoms with E-state index in [2.05, 4.69) is 20.4 Å². The summed E-state index contributed by atoms with van der Waals surface area (Å²) in [5.41, 5.74) is 0. The maximum Gasteiger partial charge on any atom is 0.248 e. The zero-order chi connectivity index (χ0) is 27.1. The van der Waals surface area contributed by atoms with Gasteiger partial charge in [-0.3, -0.25) is 14.5 Å². The summed E-state index contributed by atoms with van der Waals surface area (Å²) in [6.45, 7) is 7.86. The Morgan fingerprint density at radius 3 is 2.67 bits per heavy atom. The third-order valence-electron chi connectivity index (χ3n) is 11.0. The van der Waals surface area contributed by atoms with Gasteiger partial charge in [0.25, 0.3) is 0 Å². The molecule has 0 aromatic carbocycles. The summed E-state index contributed by atoms with van der Waals surface area (Å²) in [5.74, 6) is 1.49. The Kier molecular flexibility index (Phi) is 8.50. The third kappa shape index (κ3) is 5.14. The molecule has 0 aromatic heterocycles. The minimum atomic E-state index is -0.467. The number of methoxy groups -OCH3 is 2. The number of quaternary nitrogens is 1. The average molecular weight is 550 g/mol. The van der Waals surface area contributed by atoms with Crippen LogP contribution >= 0.6 is 0 Å². The fourth-order valence-corrected chi connectivity index (χ4v) is 9.28. The number of hydrogen-bond donors (Lipinski definition) is 2. The number of amides is 2. The largest absolute Gasteiger partial charge is 0.379 e. The monoisotopic (exact) mass is 549 g/mol. The van der Waals surface area contributed by atoms with Crippen LogP contribution in [0, 0.1) is 23.7 Å². The molecule has 2 amide bonds. The summed E-state index contributed by atoms with van der Waals surface area (Å²) in [4.78, 5) is 31.6. The maximum atomic E-state index is 14.2. The van der Waals surface area contributed by atoms with Gasteiger partial charge < -0.3 is 34.5 Å². The number of fused-ring (bicyclic) bond motifs is 5. The van der Waals surface area contributed by atoms with Gasteiger partial charge in [0.05, 0.1) is 50.0 Å². The van der Waals surface area contributed by atoms with Crippen molar-refractivity contribution in [3.8, 4) is 0 Å². The second kappa shape index (κ2) is 11.9. The molecule has 6 fully saturated rings. The summed E-state index contributed by atoms with van der Waals surface area (Å²) in [7, 11) is 3.48. The van der Waals surface area contributed by atoms with Gasteiger partial charge >= 0.3 is 0 Å². The number of carbonyl (C=O) groups excluding carboxylic acids is 2. The molecule has 0 radical (unpaired) electrons. The lowest BCUT2D eigenvalue weighted by molar-refractivity contribution is -0.713. The first-order chi connectivity index (χ1) is 19.0. The lowest BCUT2D eigenvalue weighted by Gasteiger charge is -2.53. The van der Waals surface area contributed by atoms with Gasteiger partial charge in [-0.2, -0.15) is 0 Å². The van der Waals surface area contributed by atoms with Gasteiger partial charge in [0.15, 0.2) is 0 Å². The lowest BCUT2D eigenvalue weighted by Crippen LogP contribution is -2.99. The fourth-order valence-electron chi connectivity index (χ4n) is 9.28. The van der Waals surface area contributed by atoms with Crippen molar-refractivity contribution in [1.82, 2.24) is 15.1 Å². The first-order valence-corrected chi connectivity index (χ1v) is 15.5. The van der Waals surface area contributed by atoms with E-state index in [1.807, 2.05) is 6.92 Å². The van der Waals surface area contributed by atoms with Crippen molar-refractivity contribution in [2.75, 3.05) is 60.2 Å². The highest BCUT2D eigenvalue weighted by Gasteiger charge is 2.66. The van der Waals surface area contributed by atoms with Crippen LogP contribution in [0.3, 0.4) is 0 Å². The molecule has 4 saturated heterocycles. The minimum Gasteiger partial charge on any atom is -0.379 e. The zero-order valence-electron chi connectivity index (χ0n) is 24.0. The Bertz CT molecular complexity index is 886. The summed E-state index contributed by atoms with van der Waals surface area (Å²) < 4.78 is 23.5. The van der Waals surface area contributed by atoms with E-state index in [1.165, 1.54) is 0 Å². The molecular weight excluding hydrogens is 500 g/mol. The third-order valence-corrected chi connectivity index (χ3v) is 11.0. The van der Waals surface area contributed by atoms with Crippen molar-refractivity contribution in [2.45, 2.75) is 88.0 Å². The second-order valence-corrected chi connectivity index (χ2v) is 12.7. The van der Waals surface area contributed by atoms with E-state index in [1.54, 1.807) is 14.2 Å². The van der Waals surface area contributed by atoms with Crippen LogP contribution in [0.5, 0.6) is 0 Å². The number of rotatable bonds is 8. The quantitative estimate of drug-likeness (QED) is 0.425. The SMILES string of the molecule is COC1CCC2C3[NH2+]CCC4C5CC(OC(C)C(=O)NCCN6CCOCC6)CCC5N(C(=O)C2C1OC)C43. The van der Waals surface area contributed by atoms with E-state index in [-0.39, 0.29) is 36.2 Å². The van der Waals surface area contributed by atoms with Crippen LogP contribution < -0.4 is 10.6 Å². The van der Waals surface area contributed by atoms with Gasteiger partial charge in [0.1, 0.15) is 12.1 Å². The second-order valence-electron chi connectivity index (χ2n) is 12.7. The Balaban J connectivity index is 1.09. The molecule has 220 valence electrons. The standard InChI is InChI=1S/C29H48N4O6/c1-17(28(34)31-10-11-32-12-14-38-15-13-32)39-18-4-6-22-21(16-18)19-8-9-30-25-20-5-7-23(36-2)27(37-3)24(20)29(35)33(22)26(19)25/h17-27,30H,4-16H2,1-3H3,(H,31,34)/p+1. The van der Waals surface area contributed by atoms with Crippen molar-refractivity contribution < 1.29 is 33.9 Å². The van der Waals surface area contributed by atoms with Crippen molar-refractivity contribution >= 4 is 11.8 Å². The van der Waals surface area contributed by atoms with Gasteiger partial charge in [-0.25, -0.2) is 0 Å². The number of carbonyl (C=O) groups is 2. The van der Waals surface area contributed by atoms with E-state index < -0.39 is 6.10 Å². The molecule has 0 bridgehead atoms. The Morgan fingerprint density at radius 2 is 1.90 bits per heavy atom. The van der Waals surface area contributed by atoms with Crippen LogP contribution in [0.1, 0.15) is 45.4 Å². The Morgan fingerprint density at radius 1 is 1.08 bits per heavy atom. The van der Waals surface area contributed by atoms with Gasteiger partial charge in [0, 0.05) is 58.8 Å². The number of morpholine rings is 1. The van der Waals surface area contributed by atoms with Crippen LogP contribution in [-0.2, 0) is 28.5 Å². The van der Waals surface area contributed by atoms with Crippen LogP contribution in [0.4, 0.5) is 0 Å². The molecule has 10 heteroatoms. The molecule has 11 unspecified atom stereocenters. The number of ether oxygens (including phenoxy) is 4. The average Bonchev–Trinajstić information content (AvgIpc) is 3.30. The van der Waals surface area contributed by atoms with Gasteiger partial charge in [-0.05, 0) is 50.9 Å². The molecular formula is C29H49N4O6+. The minimum absolute atomic E-state index is 0.0137. The normalized spacial score (nSPS) is 42.8. The zero-order valence-corrected chi connectivity index (χ0v) is 24.0. The smallest absolute Gasteiger partial charge is 0.248 e. The summed E-state index contributed by atoms with van der Waals surface area (Å²) in [6.07, 6.45) is 5.36. The molecule has 2 saturated carbocycles. The highest BCUT2D eigenvalue weighted by molar-refractivity contribution is 5.82. The van der Waals surface area contributed by atoms with Gasteiger partial charge in [-0.15, -0.1) is 0 Å². The molecule has 0 aromatic rings. The van der Waals surface area contributed by atoms with E-state index in [0.717, 1.165) is 77.9 Å². The van der Waals surface area contributed by atoms with Crippen molar-refractivity contribution in [3.05, 3.63) is 0 Å². The molecule has 6 rings (SSSR count). The van der Waals surface area contributed by atoms with Crippen molar-refractivity contribution in [3.63, 3.8) is 0 Å². The molecule has 3 N–H and O–H groups in total. The molecule has 10 nitrogen and oxygen atoms in total. The number of piperidine rings is 2. The highest BCUT2D eigenvalue weighted by atomic mass is 16.5. The van der Waals surface area contributed by atoms with Crippen LogP contribution in [0.2, 0.25) is 0 Å². The molecule has 11 atom stereocenters. The Hall–Kier alpha value is -1.30. The molecule has 0 spiro atoms.